The molecule has 1 rings (SSSR count). The molecule has 0 saturated carbocycles. The van der Waals surface area contributed by atoms with Gasteiger partial charge in [-0.15, -0.1) is 0 Å². The SMILES string of the molecule is CC(=O)N[C@H]1[C@H]([C@@H](O)[C@H](O)CO)O[C@](O)(C(=O)O)C[C@@H]1O. The molecule has 0 unspecified atom stereocenters. The second kappa shape index (κ2) is 6.64. The highest BCUT2D eigenvalue weighted by Gasteiger charge is 2.53. The highest BCUT2D eigenvalue weighted by molar-refractivity contribution is 5.76. The summed E-state index contributed by atoms with van der Waals surface area (Å²) < 4.78 is 4.86. The van der Waals surface area contributed by atoms with E-state index in [1.165, 1.54) is 0 Å². The first-order valence-electron chi connectivity index (χ1n) is 6.18. The summed E-state index contributed by atoms with van der Waals surface area (Å²) in [6.45, 7) is 0.256. The molecule has 0 aromatic carbocycles. The van der Waals surface area contributed by atoms with Crippen molar-refractivity contribution >= 4 is 11.9 Å². The van der Waals surface area contributed by atoms with Gasteiger partial charge in [0.05, 0.1) is 18.8 Å². The van der Waals surface area contributed by atoms with E-state index < -0.39 is 61.1 Å². The van der Waals surface area contributed by atoms with Crippen LogP contribution < -0.4 is 5.32 Å². The topological polar surface area (TPSA) is 177 Å². The maximum Gasteiger partial charge on any atom is 0.364 e. The first-order valence-corrected chi connectivity index (χ1v) is 6.18. The van der Waals surface area contributed by atoms with E-state index in [0.717, 1.165) is 6.92 Å². The number of nitrogens with one attached hydrogen (secondary N) is 1. The fourth-order valence-electron chi connectivity index (χ4n) is 2.14. The van der Waals surface area contributed by atoms with Crippen molar-refractivity contribution in [2.45, 2.75) is 49.6 Å². The molecule has 10 nitrogen and oxygen atoms in total. The lowest BCUT2D eigenvalue weighted by Gasteiger charge is -2.44. The molecule has 1 amide bonds. The average Bonchev–Trinajstić information content (AvgIpc) is 2.39. The average molecular weight is 309 g/mol. The number of aliphatic hydroxyl groups excluding tert-OH is 4. The van der Waals surface area contributed by atoms with E-state index in [9.17, 15) is 30.0 Å². The third-order valence-corrected chi connectivity index (χ3v) is 3.21. The number of aliphatic carboxylic acids is 1. The maximum absolute atomic E-state index is 11.1. The Morgan fingerprint density at radius 2 is 2.00 bits per heavy atom. The maximum atomic E-state index is 11.1. The van der Waals surface area contributed by atoms with Gasteiger partial charge >= 0.3 is 5.97 Å². The zero-order valence-corrected chi connectivity index (χ0v) is 11.2. The summed E-state index contributed by atoms with van der Waals surface area (Å²) in [6, 6.07) is -1.27. The van der Waals surface area contributed by atoms with Gasteiger partial charge in [-0.2, -0.15) is 0 Å². The second-order valence-electron chi connectivity index (χ2n) is 4.91. The number of hydrogen-bond donors (Lipinski definition) is 7. The lowest BCUT2D eigenvalue weighted by molar-refractivity contribution is -0.295. The van der Waals surface area contributed by atoms with Crippen LogP contribution in [0.3, 0.4) is 0 Å². The second-order valence-corrected chi connectivity index (χ2v) is 4.91. The first kappa shape index (κ1) is 17.8. The van der Waals surface area contributed by atoms with Crippen molar-refractivity contribution < 1.29 is 45.0 Å². The smallest absolute Gasteiger partial charge is 0.364 e. The number of aliphatic hydroxyl groups is 5. The molecule has 0 spiro atoms. The third-order valence-electron chi connectivity index (χ3n) is 3.21. The Morgan fingerprint density at radius 1 is 1.43 bits per heavy atom. The van der Waals surface area contributed by atoms with E-state index in [-0.39, 0.29) is 0 Å². The molecule has 122 valence electrons. The van der Waals surface area contributed by atoms with Crippen molar-refractivity contribution in [1.29, 1.82) is 0 Å². The van der Waals surface area contributed by atoms with Crippen LogP contribution in [0.15, 0.2) is 0 Å². The summed E-state index contributed by atoms with van der Waals surface area (Å²) in [6.07, 6.45) is -7.48. The van der Waals surface area contributed by atoms with Crippen molar-refractivity contribution in [3.05, 3.63) is 0 Å². The normalized spacial score (nSPS) is 35.8. The number of carboxylic acid groups (broad SMARTS) is 1. The summed E-state index contributed by atoms with van der Waals surface area (Å²) in [4.78, 5) is 22.1. The number of carboxylic acids is 1. The zero-order chi connectivity index (χ0) is 16.4. The third kappa shape index (κ3) is 3.87. The molecular formula is C11H19NO9. The highest BCUT2D eigenvalue weighted by Crippen LogP contribution is 2.30. The molecule has 1 aliphatic heterocycles. The minimum Gasteiger partial charge on any atom is -0.477 e. The van der Waals surface area contributed by atoms with Gasteiger partial charge in [0, 0.05) is 13.3 Å². The van der Waals surface area contributed by atoms with Crippen LogP contribution in [0.1, 0.15) is 13.3 Å². The van der Waals surface area contributed by atoms with Gasteiger partial charge < -0.3 is 40.7 Å². The molecular weight excluding hydrogens is 290 g/mol. The van der Waals surface area contributed by atoms with E-state index in [1.54, 1.807) is 0 Å². The van der Waals surface area contributed by atoms with Crippen LogP contribution in [0.25, 0.3) is 0 Å². The fraction of sp³-hybridized carbons (Fsp3) is 0.818. The molecule has 1 heterocycles. The lowest BCUT2D eigenvalue weighted by Crippen LogP contribution is -2.67. The van der Waals surface area contributed by atoms with Gasteiger partial charge in [0.15, 0.2) is 0 Å². The van der Waals surface area contributed by atoms with Gasteiger partial charge in [-0.05, 0) is 0 Å². The zero-order valence-electron chi connectivity index (χ0n) is 11.2. The van der Waals surface area contributed by atoms with Gasteiger partial charge in [0.2, 0.25) is 5.91 Å². The largest absolute Gasteiger partial charge is 0.477 e. The Morgan fingerprint density at radius 3 is 2.43 bits per heavy atom. The van der Waals surface area contributed by atoms with Gasteiger partial charge in [0.25, 0.3) is 5.79 Å². The predicted molar refractivity (Wildman–Crippen MR) is 64.8 cm³/mol. The molecule has 1 fully saturated rings. The number of ether oxygens (including phenoxy) is 1. The fourth-order valence-corrected chi connectivity index (χ4v) is 2.14. The Hall–Kier alpha value is -1.30. The van der Waals surface area contributed by atoms with Crippen molar-refractivity contribution in [3.63, 3.8) is 0 Å². The predicted octanol–water partition coefficient (Wildman–Crippen LogP) is -3.87. The molecule has 0 aromatic heterocycles. The minimum atomic E-state index is -2.78. The molecule has 6 atom stereocenters. The summed E-state index contributed by atoms with van der Waals surface area (Å²) in [5.41, 5.74) is 0. The van der Waals surface area contributed by atoms with Gasteiger partial charge in [0.1, 0.15) is 18.3 Å². The number of carbonyl (C=O) groups excluding carboxylic acids is 1. The van der Waals surface area contributed by atoms with Crippen LogP contribution in [0.2, 0.25) is 0 Å². The van der Waals surface area contributed by atoms with Crippen LogP contribution in [-0.2, 0) is 14.3 Å². The number of rotatable bonds is 5. The molecule has 0 aliphatic carbocycles. The Bertz CT molecular complexity index is 403. The first-order chi connectivity index (χ1) is 9.62. The van der Waals surface area contributed by atoms with Crippen molar-refractivity contribution in [3.8, 4) is 0 Å². The summed E-state index contributed by atoms with van der Waals surface area (Å²) in [7, 11) is 0. The molecule has 10 heteroatoms. The molecule has 0 radical (unpaired) electrons. The lowest BCUT2D eigenvalue weighted by atomic mass is 9.88. The number of hydrogen-bond acceptors (Lipinski definition) is 8. The van der Waals surface area contributed by atoms with E-state index in [1.807, 2.05) is 0 Å². The van der Waals surface area contributed by atoms with E-state index in [2.05, 4.69) is 5.32 Å². The quantitative estimate of drug-likeness (QED) is 0.268. The van der Waals surface area contributed by atoms with Crippen LogP contribution in [0.5, 0.6) is 0 Å². The van der Waals surface area contributed by atoms with Crippen molar-refractivity contribution in [2.75, 3.05) is 6.61 Å². The van der Waals surface area contributed by atoms with Crippen molar-refractivity contribution in [1.82, 2.24) is 5.32 Å². The van der Waals surface area contributed by atoms with Gasteiger partial charge in [-0.25, -0.2) is 4.79 Å². The monoisotopic (exact) mass is 309 g/mol. The number of amides is 1. The molecule has 0 aromatic rings. The van der Waals surface area contributed by atoms with E-state index in [0.29, 0.717) is 0 Å². The highest BCUT2D eigenvalue weighted by atomic mass is 16.7. The molecule has 21 heavy (non-hydrogen) atoms. The minimum absolute atomic E-state index is 0.598. The Labute approximate surface area is 119 Å². The molecule has 7 N–H and O–H groups in total. The van der Waals surface area contributed by atoms with Crippen LogP contribution in [0, 0.1) is 0 Å². The summed E-state index contributed by atoms with van der Waals surface area (Å²) in [5.74, 6) is -5.17. The molecule has 1 aliphatic rings. The summed E-state index contributed by atoms with van der Waals surface area (Å²) in [5, 5.41) is 59.0. The van der Waals surface area contributed by atoms with Crippen LogP contribution >= 0.6 is 0 Å². The van der Waals surface area contributed by atoms with Crippen molar-refractivity contribution in [2.24, 2.45) is 0 Å². The van der Waals surface area contributed by atoms with Crippen LogP contribution in [-0.4, -0.2) is 85.4 Å². The van der Waals surface area contributed by atoms with Gasteiger partial charge in [-0.3, -0.25) is 4.79 Å². The number of carbonyl (C=O) groups is 2. The van der Waals surface area contributed by atoms with E-state index >= 15 is 0 Å². The van der Waals surface area contributed by atoms with Crippen LogP contribution in [0.4, 0.5) is 0 Å². The Kier molecular flexibility index (Phi) is 5.61. The molecule has 0 bridgehead atoms. The Balaban J connectivity index is 3.07. The molecule has 1 saturated heterocycles. The van der Waals surface area contributed by atoms with E-state index in [4.69, 9.17) is 14.9 Å². The summed E-state index contributed by atoms with van der Waals surface area (Å²) >= 11 is 0. The standard InChI is InChI=1S/C11H19NO9/c1-4(14)12-7-5(15)2-11(20,10(18)19)21-9(7)8(17)6(16)3-13/h5-9,13,15-17,20H,2-3H2,1H3,(H,12,14)(H,18,19)/t5-,6+,7+,8-,9+,11-/m0/s1. The van der Waals surface area contributed by atoms with Gasteiger partial charge in [-0.1, -0.05) is 0 Å².